The van der Waals surface area contributed by atoms with E-state index in [0.717, 1.165) is 0 Å². The van der Waals surface area contributed by atoms with Gasteiger partial charge < -0.3 is 10.4 Å². The second kappa shape index (κ2) is 5.95. The van der Waals surface area contributed by atoms with E-state index in [1.165, 1.54) is 18.3 Å². The van der Waals surface area contributed by atoms with E-state index < -0.39 is 5.97 Å². The number of aromatic carboxylic acids is 1. The molecule has 0 fully saturated rings. The first-order valence-electron chi connectivity index (χ1n) is 5.83. The van der Waals surface area contributed by atoms with Crippen molar-refractivity contribution in [1.82, 2.24) is 4.98 Å². The van der Waals surface area contributed by atoms with Gasteiger partial charge in [0.1, 0.15) is 11.5 Å². The number of halogens is 1. The molecule has 19 heavy (non-hydrogen) atoms. The van der Waals surface area contributed by atoms with Crippen molar-refractivity contribution >= 4 is 11.7 Å². The summed E-state index contributed by atoms with van der Waals surface area (Å²) in [6, 6.07) is 9.70. The lowest BCUT2D eigenvalue weighted by molar-refractivity contribution is 0.0690. The number of hydrogen-bond donors (Lipinski definition) is 2. The predicted octanol–water partition coefficient (Wildman–Crippen LogP) is 2.57. The third kappa shape index (κ3) is 3.51. The molecule has 2 rings (SSSR count). The van der Waals surface area contributed by atoms with Crippen LogP contribution in [0, 0.1) is 5.82 Å². The topological polar surface area (TPSA) is 62.2 Å². The van der Waals surface area contributed by atoms with Crippen LogP contribution in [0.2, 0.25) is 0 Å². The van der Waals surface area contributed by atoms with Crippen LogP contribution in [-0.4, -0.2) is 22.6 Å². The third-order valence-electron chi connectivity index (χ3n) is 2.66. The molecule has 0 saturated carbocycles. The normalized spacial score (nSPS) is 10.2. The average Bonchev–Trinajstić information content (AvgIpc) is 2.41. The molecule has 0 aliphatic heterocycles. The molecule has 2 N–H and O–H groups in total. The standard InChI is InChI=1S/C14H13FN2O2/c15-12-4-2-1-3-10(12)5-7-16-11-6-8-17-13(9-11)14(18)19/h1-4,6,8-9H,5,7H2,(H,16,17)(H,18,19). The molecule has 1 aromatic carbocycles. The molecule has 5 heteroatoms. The van der Waals surface area contributed by atoms with E-state index in [2.05, 4.69) is 10.3 Å². The number of anilines is 1. The van der Waals surface area contributed by atoms with Crippen molar-refractivity contribution in [2.75, 3.05) is 11.9 Å². The number of rotatable bonds is 5. The Balaban J connectivity index is 1.94. The van der Waals surface area contributed by atoms with Gasteiger partial charge in [-0.1, -0.05) is 18.2 Å². The fourth-order valence-corrected chi connectivity index (χ4v) is 1.70. The summed E-state index contributed by atoms with van der Waals surface area (Å²) in [6.07, 6.45) is 1.95. The number of carboxylic acids is 1. The van der Waals surface area contributed by atoms with Crippen LogP contribution in [0.1, 0.15) is 16.1 Å². The van der Waals surface area contributed by atoms with Crippen LogP contribution in [-0.2, 0) is 6.42 Å². The van der Waals surface area contributed by atoms with E-state index in [-0.39, 0.29) is 11.5 Å². The Hall–Kier alpha value is -2.43. The number of aromatic nitrogens is 1. The van der Waals surface area contributed by atoms with Gasteiger partial charge in [0.15, 0.2) is 0 Å². The highest BCUT2D eigenvalue weighted by atomic mass is 19.1. The number of hydrogen-bond acceptors (Lipinski definition) is 3. The summed E-state index contributed by atoms with van der Waals surface area (Å²) in [5.74, 6) is -1.30. The molecule has 0 bridgehead atoms. The van der Waals surface area contributed by atoms with E-state index in [9.17, 15) is 9.18 Å². The van der Waals surface area contributed by atoms with Crippen LogP contribution in [0.4, 0.5) is 10.1 Å². The lowest BCUT2D eigenvalue weighted by Crippen LogP contribution is -2.07. The summed E-state index contributed by atoms with van der Waals surface area (Å²) in [4.78, 5) is 14.5. The van der Waals surface area contributed by atoms with Crippen LogP contribution in [0.25, 0.3) is 0 Å². The van der Waals surface area contributed by atoms with Crippen molar-refractivity contribution in [2.24, 2.45) is 0 Å². The maximum Gasteiger partial charge on any atom is 0.354 e. The SMILES string of the molecule is O=C(O)c1cc(NCCc2ccccc2F)ccn1. The molecule has 1 heterocycles. The van der Waals surface area contributed by atoms with Crippen LogP contribution in [0.3, 0.4) is 0 Å². The maximum atomic E-state index is 13.4. The number of nitrogens with one attached hydrogen (secondary N) is 1. The minimum atomic E-state index is -1.07. The van der Waals surface area contributed by atoms with Gasteiger partial charge in [-0.2, -0.15) is 0 Å². The van der Waals surface area contributed by atoms with Crippen LogP contribution in [0.15, 0.2) is 42.6 Å². The molecule has 0 spiro atoms. The first kappa shape index (κ1) is 13.0. The second-order valence-electron chi connectivity index (χ2n) is 4.00. The highest BCUT2D eigenvalue weighted by Gasteiger charge is 2.05. The molecule has 2 aromatic rings. The fraction of sp³-hybridized carbons (Fsp3) is 0.143. The maximum absolute atomic E-state index is 13.4. The second-order valence-corrected chi connectivity index (χ2v) is 4.00. The first-order valence-corrected chi connectivity index (χ1v) is 5.83. The highest BCUT2D eigenvalue weighted by molar-refractivity contribution is 5.86. The van der Waals surface area contributed by atoms with Gasteiger partial charge in [0.2, 0.25) is 0 Å². The molecule has 0 aliphatic carbocycles. The van der Waals surface area contributed by atoms with Gasteiger partial charge >= 0.3 is 5.97 Å². The number of carbonyl (C=O) groups is 1. The highest BCUT2D eigenvalue weighted by Crippen LogP contribution is 2.10. The number of pyridine rings is 1. The Labute approximate surface area is 109 Å². The van der Waals surface area contributed by atoms with Crippen LogP contribution in [0.5, 0.6) is 0 Å². The Morgan fingerprint density at radius 2 is 2.11 bits per heavy atom. The molecule has 4 nitrogen and oxygen atoms in total. The lowest BCUT2D eigenvalue weighted by Gasteiger charge is -2.07. The predicted molar refractivity (Wildman–Crippen MR) is 69.8 cm³/mol. The Morgan fingerprint density at radius 3 is 2.84 bits per heavy atom. The van der Waals surface area contributed by atoms with E-state index in [4.69, 9.17) is 5.11 Å². The minimum absolute atomic E-state index is 0.0177. The fourth-order valence-electron chi connectivity index (χ4n) is 1.70. The molecule has 0 unspecified atom stereocenters. The quantitative estimate of drug-likeness (QED) is 0.867. The zero-order valence-electron chi connectivity index (χ0n) is 10.1. The summed E-state index contributed by atoms with van der Waals surface area (Å²) in [5, 5.41) is 11.9. The van der Waals surface area contributed by atoms with E-state index in [1.54, 1.807) is 24.3 Å². The summed E-state index contributed by atoms with van der Waals surface area (Å²) in [7, 11) is 0. The van der Waals surface area contributed by atoms with Crippen molar-refractivity contribution in [3.05, 3.63) is 59.7 Å². The molecular formula is C14H13FN2O2. The summed E-state index contributed by atoms with van der Waals surface area (Å²) >= 11 is 0. The molecule has 0 saturated heterocycles. The van der Waals surface area contributed by atoms with Crippen LogP contribution < -0.4 is 5.32 Å². The first-order chi connectivity index (χ1) is 9.16. The van der Waals surface area contributed by atoms with Crippen molar-refractivity contribution < 1.29 is 14.3 Å². The van der Waals surface area contributed by atoms with Gasteiger partial charge in [0.25, 0.3) is 0 Å². The van der Waals surface area contributed by atoms with Crippen LogP contribution >= 0.6 is 0 Å². The van der Waals surface area contributed by atoms with Gasteiger partial charge in [-0.25, -0.2) is 14.2 Å². The largest absolute Gasteiger partial charge is 0.477 e. The molecule has 0 aliphatic rings. The molecule has 1 aromatic heterocycles. The summed E-state index contributed by atoms with van der Waals surface area (Å²) < 4.78 is 13.4. The molecule has 98 valence electrons. The Morgan fingerprint density at radius 1 is 1.32 bits per heavy atom. The van der Waals surface area contributed by atoms with Gasteiger partial charge in [-0.05, 0) is 30.2 Å². The molecular weight excluding hydrogens is 247 g/mol. The van der Waals surface area contributed by atoms with Crippen molar-refractivity contribution in [3.63, 3.8) is 0 Å². The monoisotopic (exact) mass is 260 g/mol. The summed E-state index contributed by atoms with van der Waals surface area (Å²) in [6.45, 7) is 0.518. The molecule has 0 amide bonds. The Bertz CT molecular complexity index is 587. The van der Waals surface area contributed by atoms with Gasteiger partial charge in [-0.3, -0.25) is 0 Å². The summed E-state index contributed by atoms with van der Waals surface area (Å²) in [5.41, 5.74) is 1.27. The van der Waals surface area contributed by atoms with Gasteiger partial charge in [0, 0.05) is 18.4 Å². The number of carboxylic acid groups (broad SMARTS) is 1. The van der Waals surface area contributed by atoms with E-state index >= 15 is 0 Å². The molecule has 0 radical (unpaired) electrons. The average molecular weight is 260 g/mol. The van der Waals surface area contributed by atoms with Crippen molar-refractivity contribution in [1.29, 1.82) is 0 Å². The van der Waals surface area contributed by atoms with E-state index in [0.29, 0.717) is 24.2 Å². The zero-order valence-corrected chi connectivity index (χ0v) is 10.1. The lowest BCUT2D eigenvalue weighted by atomic mass is 10.1. The van der Waals surface area contributed by atoms with Gasteiger partial charge in [-0.15, -0.1) is 0 Å². The smallest absolute Gasteiger partial charge is 0.354 e. The number of benzene rings is 1. The van der Waals surface area contributed by atoms with E-state index in [1.807, 2.05) is 0 Å². The third-order valence-corrected chi connectivity index (χ3v) is 2.66. The minimum Gasteiger partial charge on any atom is -0.477 e. The molecule has 0 atom stereocenters. The van der Waals surface area contributed by atoms with Crippen molar-refractivity contribution in [3.8, 4) is 0 Å². The van der Waals surface area contributed by atoms with Crippen molar-refractivity contribution in [2.45, 2.75) is 6.42 Å². The Kier molecular flexibility index (Phi) is 4.07. The zero-order chi connectivity index (χ0) is 13.7. The van der Waals surface area contributed by atoms with Gasteiger partial charge in [0.05, 0.1) is 0 Å². The number of nitrogens with zero attached hydrogens (tertiary/aromatic N) is 1.